The summed E-state index contributed by atoms with van der Waals surface area (Å²) in [6.45, 7) is 8.35. The Morgan fingerprint density at radius 1 is 0.871 bits per heavy atom. The van der Waals surface area contributed by atoms with Crippen LogP contribution in [0.3, 0.4) is 0 Å². The topological polar surface area (TPSA) is 42.9 Å². The summed E-state index contributed by atoms with van der Waals surface area (Å²) in [5.74, 6) is 0.577. The Hall–Kier alpha value is -1.71. The fraction of sp³-hybridized carbons (Fsp3) is 0.458. The summed E-state index contributed by atoms with van der Waals surface area (Å²) in [4.78, 5) is 9.37. The van der Waals surface area contributed by atoms with E-state index in [4.69, 9.17) is 0 Å². The van der Waals surface area contributed by atoms with Crippen LogP contribution >= 0.6 is 24.0 Å². The van der Waals surface area contributed by atoms with Crippen molar-refractivity contribution < 1.29 is 4.39 Å². The first-order valence-electron chi connectivity index (χ1n) is 10.9. The molecule has 1 aliphatic heterocycles. The predicted molar refractivity (Wildman–Crippen MR) is 137 cm³/mol. The van der Waals surface area contributed by atoms with Crippen LogP contribution < -0.4 is 10.6 Å². The van der Waals surface area contributed by atoms with Crippen molar-refractivity contribution in [1.82, 2.24) is 20.4 Å². The van der Waals surface area contributed by atoms with E-state index < -0.39 is 0 Å². The monoisotopic (exact) mass is 539 g/mol. The molecule has 0 bridgehead atoms. The Bertz CT molecular complexity index is 761. The second-order valence-electron chi connectivity index (χ2n) is 7.79. The van der Waals surface area contributed by atoms with Crippen molar-refractivity contribution in [1.29, 1.82) is 0 Å². The zero-order chi connectivity index (χ0) is 21.0. The van der Waals surface area contributed by atoms with Gasteiger partial charge in [-0.1, -0.05) is 42.5 Å². The van der Waals surface area contributed by atoms with Crippen LogP contribution in [-0.2, 0) is 13.1 Å². The van der Waals surface area contributed by atoms with Gasteiger partial charge in [0.15, 0.2) is 5.96 Å². The summed E-state index contributed by atoms with van der Waals surface area (Å²) < 4.78 is 13.0. The van der Waals surface area contributed by atoms with Crippen molar-refractivity contribution in [3.8, 4) is 0 Å². The van der Waals surface area contributed by atoms with E-state index in [-0.39, 0.29) is 29.8 Å². The van der Waals surface area contributed by atoms with Crippen LogP contribution in [-0.4, -0.2) is 62.1 Å². The van der Waals surface area contributed by atoms with Crippen LogP contribution in [0.2, 0.25) is 0 Å². The lowest BCUT2D eigenvalue weighted by Gasteiger charge is -2.34. The predicted octanol–water partition coefficient (Wildman–Crippen LogP) is 3.71. The van der Waals surface area contributed by atoms with Crippen LogP contribution in [0.5, 0.6) is 0 Å². The number of piperazine rings is 1. The van der Waals surface area contributed by atoms with Gasteiger partial charge < -0.3 is 15.5 Å². The van der Waals surface area contributed by atoms with Gasteiger partial charge in [-0.05, 0) is 42.6 Å². The highest BCUT2D eigenvalue weighted by atomic mass is 127. The highest BCUT2D eigenvalue weighted by molar-refractivity contribution is 14.0. The number of halogens is 2. The van der Waals surface area contributed by atoms with Gasteiger partial charge >= 0.3 is 0 Å². The zero-order valence-corrected chi connectivity index (χ0v) is 20.7. The third kappa shape index (κ3) is 9.53. The number of rotatable bonds is 9. The minimum Gasteiger partial charge on any atom is -0.356 e. The molecule has 2 aromatic rings. The van der Waals surface area contributed by atoms with Crippen LogP contribution in [0.25, 0.3) is 0 Å². The van der Waals surface area contributed by atoms with Gasteiger partial charge in [0.05, 0.1) is 0 Å². The lowest BCUT2D eigenvalue weighted by atomic mass is 10.2. The number of aliphatic imine (C=N–C) groups is 1. The molecular weight excluding hydrogens is 504 g/mol. The molecule has 1 fully saturated rings. The molecule has 0 atom stereocenters. The molecule has 1 aliphatic rings. The average molecular weight is 539 g/mol. The Morgan fingerprint density at radius 2 is 1.55 bits per heavy atom. The standard InChI is InChI=1S/C24H34FN5.HI/c1-26-24(28-19-21-9-11-23(25)12-10-21)27-13-5-6-14-29-15-17-30(18-16-29)20-22-7-3-2-4-8-22;/h2-4,7-12H,5-6,13-20H2,1H3,(H2,26,27,28);1H. The molecule has 0 amide bonds. The molecule has 1 heterocycles. The van der Waals surface area contributed by atoms with Gasteiger partial charge in [0.25, 0.3) is 0 Å². The van der Waals surface area contributed by atoms with Gasteiger partial charge in [-0.3, -0.25) is 9.89 Å². The maximum Gasteiger partial charge on any atom is 0.191 e. The van der Waals surface area contributed by atoms with E-state index in [1.54, 1.807) is 19.2 Å². The molecule has 0 aromatic heterocycles. The smallest absolute Gasteiger partial charge is 0.191 e. The number of guanidine groups is 1. The van der Waals surface area contributed by atoms with Crippen molar-refractivity contribution >= 4 is 29.9 Å². The van der Waals surface area contributed by atoms with Gasteiger partial charge in [-0.25, -0.2) is 4.39 Å². The fourth-order valence-corrected chi connectivity index (χ4v) is 3.69. The van der Waals surface area contributed by atoms with Crippen molar-refractivity contribution in [2.45, 2.75) is 25.9 Å². The maximum atomic E-state index is 13.0. The highest BCUT2D eigenvalue weighted by Crippen LogP contribution is 2.09. The summed E-state index contributed by atoms with van der Waals surface area (Å²) in [7, 11) is 1.77. The number of nitrogens with one attached hydrogen (secondary N) is 2. The molecule has 1 saturated heterocycles. The molecule has 0 saturated carbocycles. The Balaban J connectivity index is 0.00000341. The molecule has 0 aliphatic carbocycles. The lowest BCUT2D eigenvalue weighted by molar-refractivity contribution is 0.126. The lowest BCUT2D eigenvalue weighted by Crippen LogP contribution is -2.46. The summed E-state index contributed by atoms with van der Waals surface area (Å²) >= 11 is 0. The fourth-order valence-electron chi connectivity index (χ4n) is 3.69. The number of hydrogen-bond donors (Lipinski definition) is 2. The summed E-state index contributed by atoms with van der Waals surface area (Å²) in [6.07, 6.45) is 2.29. The number of nitrogens with zero attached hydrogens (tertiary/aromatic N) is 3. The van der Waals surface area contributed by atoms with Gasteiger partial charge in [-0.2, -0.15) is 0 Å². The van der Waals surface area contributed by atoms with E-state index in [0.29, 0.717) is 6.54 Å². The molecule has 170 valence electrons. The first-order valence-corrected chi connectivity index (χ1v) is 10.9. The third-order valence-electron chi connectivity index (χ3n) is 5.50. The summed E-state index contributed by atoms with van der Waals surface area (Å²) in [5, 5.41) is 6.63. The Morgan fingerprint density at radius 3 is 2.23 bits per heavy atom. The van der Waals surface area contributed by atoms with Crippen LogP contribution in [0.4, 0.5) is 4.39 Å². The summed E-state index contributed by atoms with van der Waals surface area (Å²) in [5.41, 5.74) is 2.43. The van der Waals surface area contributed by atoms with E-state index in [1.807, 2.05) is 0 Å². The van der Waals surface area contributed by atoms with Crippen molar-refractivity contribution in [2.24, 2.45) is 4.99 Å². The second kappa shape index (κ2) is 14.4. The zero-order valence-electron chi connectivity index (χ0n) is 18.4. The van der Waals surface area contributed by atoms with Crippen molar-refractivity contribution in [2.75, 3.05) is 46.3 Å². The van der Waals surface area contributed by atoms with Gasteiger partial charge in [0, 0.05) is 52.9 Å². The van der Waals surface area contributed by atoms with E-state index in [2.05, 4.69) is 55.8 Å². The maximum absolute atomic E-state index is 13.0. The van der Waals surface area contributed by atoms with E-state index in [0.717, 1.165) is 63.8 Å². The van der Waals surface area contributed by atoms with Crippen LogP contribution in [0.1, 0.15) is 24.0 Å². The Kier molecular flexibility index (Phi) is 11.8. The SMILES string of the molecule is CN=C(NCCCCN1CCN(Cc2ccccc2)CC1)NCc1ccc(F)cc1.I. The molecule has 0 radical (unpaired) electrons. The quantitative estimate of drug-likeness (QED) is 0.221. The molecule has 2 aromatic carbocycles. The highest BCUT2D eigenvalue weighted by Gasteiger charge is 2.16. The molecule has 5 nitrogen and oxygen atoms in total. The summed E-state index contributed by atoms with van der Waals surface area (Å²) in [6, 6.07) is 17.3. The van der Waals surface area contributed by atoms with Crippen LogP contribution in [0.15, 0.2) is 59.6 Å². The van der Waals surface area contributed by atoms with Crippen molar-refractivity contribution in [3.63, 3.8) is 0 Å². The van der Waals surface area contributed by atoms with Gasteiger partial charge in [0.1, 0.15) is 5.82 Å². The number of benzene rings is 2. The van der Waals surface area contributed by atoms with E-state index in [9.17, 15) is 4.39 Å². The Labute approximate surface area is 203 Å². The molecule has 0 spiro atoms. The molecule has 7 heteroatoms. The molecule has 3 rings (SSSR count). The second-order valence-corrected chi connectivity index (χ2v) is 7.79. The van der Waals surface area contributed by atoms with E-state index >= 15 is 0 Å². The molecule has 31 heavy (non-hydrogen) atoms. The average Bonchev–Trinajstić information content (AvgIpc) is 2.78. The van der Waals surface area contributed by atoms with Crippen LogP contribution in [0, 0.1) is 5.82 Å². The molecule has 0 unspecified atom stereocenters. The molecular formula is C24H35FIN5. The normalized spacial score (nSPS) is 15.4. The third-order valence-corrected chi connectivity index (χ3v) is 5.50. The molecule has 2 N–H and O–H groups in total. The largest absolute Gasteiger partial charge is 0.356 e. The van der Waals surface area contributed by atoms with Gasteiger partial charge in [-0.15, -0.1) is 24.0 Å². The minimum atomic E-state index is -0.209. The van der Waals surface area contributed by atoms with Gasteiger partial charge in [0.2, 0.25) is 0 Å². The number of unbranched alkanes of at least 4 members (excludes halogenated alkanes) is 1. The van der Waals surface area contributed by atoms with E-state index in [1.165, 1.54) is 24.1 Å². The minimum absolute atomic E-state index is 0. The number of hydrogen-bond acceptors (Lipinski definition) is 3. The first kappa shape index (κ1) is 25.5. The first-order chi connectivity index (χ1) is 14.7. The van der Waals surface area contributed by atoms with Crippen molar-refractivity contribution in [3.05, 3.63) is 71.5 Å².